The lowest BCUT2D eigenvalue weighted by atomic mass is 10.1. The third-order valence-corrected chi connectivity index (χ3v) is 5.30. The second kappa shape index (κ2) is 11.3. The number of ether oxygens (including phenoxy) is 2. The van der Waals surface area contributed by atoms with Crippen LogP contribution in [0, 0.1) is 0 Å². The molecule has 1 aliphatic rings. The lowest BCUT2D eigenvalue weighted by Crippen LogP contribution is -2.34. The number of hydrogen-bond acceptors (Lipinski definition) is 8. The summed E-state index contributed by atoms with van der Waals surface area (Å²) >= 11 is 0. The molecule has 0 saturated heterocycles. The fraction of sp³-hybridized carbons (Fsp3) is 0.320. The predicted octanol–water partition coefficient (Wildman–Crippen LogP) is 2.15. The molecule has 1 aromatic carbocycles. The second-order valence-corrected chi connectivity index (χ2v) is 8.10. The fourth-order valence-corrected chi connectivity index (χ4v) is 3.28. The maximum Gasteiger partial charge on any atom is 0.377 e. The van der Waals surface area contributed by atoms with E-state index in [1.54, 1.807) is 0 Å². The molecule has 0 saturated carbocycles. The summed E-state index contributed by atoms with van der Waals surface area (Å²) in [5.74, 6) is -3.39. The Bertz CT molecular complexity index is 1060. The number of aryl methyl sites for hydroxylation is 1. The molecule has 0 fully saturated rings. The lowest BCUT2D eigenvalue weighted by Gasteiger charge is -2.17. The van der Waals surface area contributed by atoms with Gasteiger partial charge in [0.1, 0.15) is 19.3 Å². The highest BCUT2D eigenvalue weighted by molar-refractivity contribution is 5.89. The molecule has 9 heteroatoms. The highest BCUT2D eigenvalue weighted by atomic mass is 16.6. The van der Waals surface area contributed by atoms with Crippen LogP contribution in [-0.2, 0) is 25.6 Å². The molecule has 2 heterocycles. The Labute approximate surface area is 197 Å². The fourth-order valence-electron chi connectivity index (χ4n) is 3.28. The van der Waals surface area contributed by atoms with Gasteiger partial charge in [-0.05, 0) is 23.3 Å². The van der Waals surface area contributed by atoms with Crippen molar-refractivity contribution in [3.8, 4) is 0 Å². The van der Waals surface area contributed by atoms with Crippen LogP contribution in [0.15, 0.2) is 60.3 Å². The molecule has 3 rings (SSSR count). The first-order valence-electron chi connectivity index (χ1n) is 10.9. The molecule has 0 bridgehead atoms. The van der Waals surface area contributed by atoms with E-state index in [0.717, 1.165) is 16.8 Å². The number of aliphatic hydroxyl groups is 3. The number of benzene rings is 1. The number of carbonyl (C=O) groups excluding carboxylic acids is 2. The van der Waals surface area contributed by atoms with Gasteiger partial charge in [-0.3, -0.25) is 4.79 Å². The van der Waals surface area contributed by atoms with Gasteiger partial charge in [-0.25, -0.2) is 9.36 Å². The molecule has 180 valence electrons. The molecule has 0 aliphatic carbocycles. The van der Waals surface area contributed by atoms with Crippen molar-refractivity contribution in [3.05, 3.63) is 71.4 Å². The highest BCUT2D eigenvalue weighted by Crippen LogP contribution is 2.21. The third-order valence-electron chi connectivity index (χ3n) is 5.30. The van der Waals surface area contributed by atoms with E-state index in [1.807, 2.05) is 55.3 Å². The van der Waals surface area contributed by atoms with Gasteiger partial charge in [0.15, 0.2) is 24.3 Å². The number of aromatic nitrogens is 1. The molecule has 1 aromatic heterocycles. The highest BCUT2D eigenvalue weighted by Gasteiger charge is 2.39. The largest absolute Gasteiger partial charge is 0.505 e. The van der Waals surface area contributed by atoms with E-state index >= 15 is 0 Å². The standard InChI is InChI=1S/C25H28N2O7/c1-26(2)19-9-7-17(8-10-19)5-6-18-11-14-27(15-12-18)13-3-4-21(29)33-16-20(28)24-22(30)23(31)25(32)34-24/h5-12,14-15,20,24,28H,3-4,13,16H2,1-2H3,(H-,30,31,32)/p+1/t20?,24-/m1/s1. The number of aliphatic hydroxyl groups excluding tert-OH is 3. The molecular formula is C25H29N2O7+. The third kappa shape index (κ3) is 6.58. The summed E-state index contributed by atoms with van der Waals surface area (Å²) < 4.78 is 11.5. The number of anilines is 1. The van der Waals surface area contributed by atoms with Crippen LogP contribution >= 0.6 is 0 Å². The van der Waals surface area contributed by atoms with Crippen LogP contribution in [0.1, 0.15) is 24.0 Å². The Morgan fingerprint density at radius 2 is 1.74 bits per heavy atom. The van der Waals surface area contributed by atoms with Gasteiger partial charge in [0, 0.05) is 38.3 Å². The zero-order valence-corrected chi connectivity index (χ0v) is 19.1. The molecule has 2 atom stereocenters. The number of esters is 2. The van der Waals surface area contributed by atoms with Crippen LogP contribution in [0.3, 0.4) is 0 Å². The number of rotatable bonds is 10. The van der Waals surface area contributed by atoms with Crippen LogP contribution in [0.25, 0.3) is 12.2 Å². The number of pyridine rings is 1. The molecule has 3 N–H and O–H groups in total. The summed E-state index contributed by atoms with van der Waals surface area (Å²) in [6.07, 6.45) is 5.68. The van der Waals surface area contributed by atoms with Crippen LogP contribution < -0.4 is 9.47 Å². The molecule has 0 amide bonds. The Balaban J connectivity index is 1.39. The minimum Gasteiger partial charge on any atom is -0.505 e. The van der Waals surface area contributed by atoms with Gasteiger partial charge >= 0.3 is 11.9 Å². The van der Waals surface area contributed by atoms with E-state index in [4.69, 9.17) is 4.74 Å². The number of hydrogen-bond donors (Lipinski definition) is 3. The quantitative estimate of drug-likeness (QED) is 0.358. The molecule has 0 spiro atoms. The van der Waals surface area contributed by atoms with Crippen molar-refractivity contribution in [2.75, 3.05) is 25.6 Å². The van der Waals surface area contributed by atoms with Crippen molar-refractivity contribution in [1.29, 1.82) is 0 Å². The van der Waals surface area contributed by atoms with Crippen molar-refractivity contribution >= 4 is 29.8 Å². The smallest absolute Gasteiger partial charge is 0.377 e. The van der Waals surface area contributed by atoms with Gasteiger partial charge in [-0.15, -0.1) is 0 Å². The number of carbonyl (C=O) groups is 2. The van der Waals surface area contributed by atoms with Gasteiger partial charge in [0.05, 0.1) is 6.42 Å². The zero-order valence-electron chi connectivity index (χ0n) is 19.1. The molecule has 1 aliphatic heterocycles. The van der Waals surface area contributed by atoms with Crippen LogP contribution in [-0.4, -0.2) is 60.2 Å². The maximum atomic E-state index is 11.9. The Kier molecular flexibility index (Phi) is 8.26. The SMILES string of the molecule is CN(C)c1ccc(/C=C/c2cc[n+](CCCC(=O)OCC(O)[C@H]3OC(=O)C(O)=C3O)cc2)cc1. The van der Waals surface area contributed by atoms with Crippen molar-refractivity contribution in [3.63, 3.8) is 0 Å². The molecule has 2 aromatic rings. The van der Waals surface area contributed by atoms with Crippen molar-refractivity contribution in [2.45, 2.75) is 31.6 Å². The summed E-state index contributed by atoms with van der Waals surface area (Å²) in [6, 6.07) is 12.2. The minimum absolute atomic E-state index is 0.127. The summed E-state index contributed by atoms with van der Waals surface area (Å²) in [5, 5.41) is 28.7. The first kappa shape index (κ1) is 24.8. The zero-order chi connectivity index (χ0) is 24.7. The maximum absolute atomic E-state index is 11.9. The molecule has 1 unspecified atom stereocenters. The van der Waals surface area contributed by atoms with E-state index in [1.165, 1.54) is 0 Å². The molecule has 0 radical (unpaired) electrons. The Morgan fingerprint density at radius 3 is 2.29 bits per heavy atom. The second-order valence-electron chi connectivity index (χ2n) is 8.10. The van der Waals surface area contributed by atoms with E-state index in [-0.39, 0.29) is 6.42 Å². The molecular weight excluding hydrogens is 440 g/mol. The van der Waals surface area contributed by atoms with E-state index in [0.29, 0.717) is 13.0 Å². The average molecular weight is 470 g/mol. The Morgan fingerprint density at radius 1 is 1.12 bits per heavy atom. The van der Waals surface area contributed by atoms with Crippen molar-refractivity contribution < 1.29 is 38.9 Å². The average Bonchev–Trinajstić information content (AvgIpc) is 3.09. The van der Waals surface area contributed by atoms with E-state index in [9.17, 15) is 24.9 Å². The summed E-state index contributed by atoms with van der Waals surface area (Å²) in [4.78, 5) is 25.1. The number of cyclic esters (lactones) is 1. The summed E-state index contributed by atoms with van der Waals surface area (Å²) in [5.41, 5.74) is 3.31. The monoisotopic (exact) mass is 469 g/mol. The number of nitrogens with zero attached hydrogens (tertiary/aromatic N) is 2. The van der Waals surface area contributed by atoms with Gasteiger partial charge in [-0.1, -0.05) is 24.3 Å². The van der Waals surface area contributed by atoms with E-state index in [2.05, 4.69) is 33.9 Å². The van der Waals surface area contributed by atoms with Crippen molar-refractivity contribution in [1.82, 2.24) is 0 Å². The predicted molar refractivity (Wildman–Crippen MR) is 125 cm³/mol. The first-order valence-corrected chi connectivity index (χ1v) is 10.9. The minimum atomic E-state index is -1.47. The topological polar surface area (TPSA) is 120 Å². The van der Waals surface area contributed by atoms with Gasteiger partial charge < -0.3 is 29.7 Å². The van der Waals surface area contributed by atoms with Gasteiger partial charge in [0.25, 0.3) is 0 Å². The van der Waals surface area contributed by atoms with Crippen LogP contribution in [0.4, 0.5) is 5.69 Å². The first-order chi connectivity index (χ1) is 16.2. The van der Waals surface area contributed by atoms with Gasteiger partial charge in [0.2, 0.25) is 5.76 Å². The van der Waals surface area contributed by atoms with Crippen molar-refractivity contribution in [2.24, 2.45) is 0 Å². The molecule has 9 nitrogen and oxygen atoms in total. The lowest BCUT2D eigenvalue weighted by molar-refractivity contribution is -0.697. The summed E-state index contributed by atoms with van der Waals surface area (Å²) in [7, 11) is 4.01. The Hall–Kier alpha value is -3.85. The van der Waals surface area contributed by atoms with Crippen LogP contribution in [0.2, 0.25) is 0 Å². The molecule has 34 heavy (non-hydrogen) atoms. The van der Waals surface area contributed by atoms with Gasteiger partial charge in [-0.2, -0.15) is 0 Å². The van der Waals surface area contributed by atoms with E-state index < -0.39 is 42.3 Å². The normalized spacial score (nSPS) is 16.6. The summed E-state index contributed by atoms with van der Waals surface area (Å²) in [6.45, 7) is 0.130. The van der Waals surface area contributed by atoms with Crippen LogP contribution in [0.5, 0.6) is 0 Å².